The fraction of sp³-hybridized carbons (Fsp3) is 0.250. The highest BCUT2D eigenvalue weighted by Gasteiger charge is 2.38. The Morgan fingerprint density at radius 3 is 1.70 bits per heavy atom. The Morgan fingerprint density at radius 1 is 0.767 bits per heavy atom. The van der Waals surface area contributed by atoms with Crippen LogP contribution in [0.2, 0.25) is 5.02 Å². The number of nitrogens with one attached hydrogen (secondary N) is 1. The van der Waals surface area contributed by atoms with Crippen molar-refractivity contribution in [3.8, 4) is 0 Å². The molecule has 0 radical (unpaired) electrons. The van der Waals surface area contributed by atoms with E-state index < -0.39 is 61.7 Å². The lowest BCUT2D eigenvalue weighted by Gasteiger charge is -2.15. The zero-order valence-corrected chi connectivity index (χ0v) is 15.7. The van der Waals surface area contributed by atoms with Crippen molar-refractivity contribution in [3.05, 3.63) is 63.7 Å². The van der Waals surface area contributed by atoms with Gasteiger partial charge in [-0.25, -0.2) is 13.1 Å². The summed E-state index contributed by atoms with van der Waals surface area (Å²) in [4.78, 5) is -1.35. The van der Waals surface area contributed by atoms with Crippen molar-refractivity contribution in [1.29, 1.82) is 0 Å². The third kappa shape index (κ3) is 5.79. The molecule has 0 saturated carbocycles. The van der Waals surface area contributed by atoms with Crippen LogP contribution in [-0.4, -0.2) is 8.42 Å². The number of halogens is 10. The minimum Gasteiger partial charge on any atom is -0.207 e. The first-order valence-corrected chi connectivity index (χ1v) is 9.42. The molecule has 0 aliphatic heterocycles. The van der Waals surface area contributed by atoms with E-state index in [1.165, 1.54) is 0 Å². The Morgan fingerprint density at radius 2 is 1.27 bits per heavy atom. The summed E-state index contributed by atoms with van der Waals surface area (Å²) in [5.41, 5.74) is -5.29. The molecule has 0 saturated heterocycles. The van der Waals surface area contributed by atoms with Crippen LogP contribution in [0, 0.1) is 0 Å². The molecule has 0 heterocycles. The lowest BCUT2D eigenvalue weighted by Crippen LogP contribution is -2.25. The largest absolute Gasteiger partial charge is 0.417 e. The fourth-order valence-corrected chi connectivity index (χ4v) is 3.56. The van der Waals surface area contributed by atoms with E-state index in [1.807, 2.05) is 0 Å². The van der Waals surface area contributed by atoms with Gasteiger partial charge in [0.1, 0.15) is 0 Å². The van der Waals surface area contributed by atoms with Crippen LogP contribution in [0.4, 0.5) is 39.5 Å². The maximum Gasteiger partial charge on any atom is 0.417 e. The molecule has 0 bridgehead atoms. The Balaban J connectivity index is 2.41. The van der Waals surface area contributed by atoms with Gasteiger partial charge in [-0.2, -0.15) is 39.5 Å². The normalized spacial score (nSPS) is 13.5. The first kappa shape index (κ1) is 24.3. The molecular formula is C16H9ClF9NO2S. The molecule has 0 atom stereocenters. The highest BCUT2D eigenvalue weighted by atomic mass is 35.5. The summed E-state index contributed by atoms with van der Waals surface area (Å²) in [7, 11) is -4.95. The van der Waals surface area contributed by atoms with E-state index in [9.17, 15) is 47.9 Å². The van der Waals surface area contributed by atoms with Crippen molar-refractivity contribution in [1.82, 2.24) is 4.72 Å². The van der Waals surface area contributed by atoms with Crippen molar-refractivity contribution in [3.63, 3.8) is 0 Å². The highest BCUT2D eigenvalue weighted by molar-refractivity contribution is 7.89. The van der Waals surface area contributed by atoms with Gasteiger partial charge >= 0.3 is 18.5 Å². The number of benzene rings is 2. The summed E-state index contributed by atoms with van der Waals surface area (Å²) in [6.45, 7) is -0.847. The van der Waals surface area contributed by atoms with Crippen LogP contribution in [0.3, 0.4) is 0 Å². The summed E-state index contributed by atoms with van der Waals surface area (Å²) in [5, 5.41) is -0.679. The van der Waals surface area contributed by atoms with E-state index in [4.69, 9.17) is 11.6 Å². The maximum atomic E-state index is 12.9. The van der Waals surface area contributed by atoms with Gasteiger partial charge in [0.15, 0.2) is 0 Å². The molecule has 14 heteroatoms. The topological polar surface area (TPSA) is 46.2 Å². The summed E-state index contributed by atoms with van der Waals surface area (Å²) in [6, 6.07) is 2.04. The molecule has 1 N–H and O–H groups in total. The van der Waals surface area contributed by atoms with Crippen molar-refractivity contribution >= 4 is 21.6 Å². The number of alkyl halides is 9. The van der Waals surface area contributed by atoms with Crippen LogP contribution < -0.4 is 4.72 Å². The van der Waals surface area contributed by atoms with Gasteiger partial charge < -0.3 is 0 Å². The van der Waals surface area contributed by atoms with Crippen molar-refractivity contribution in [2.24, 2.45) is 0 Å². The third-order valence-corrected chi connectivity index (χ3v) is 5.38. The van der Waals surface area contributed by atoms with Crippen LogP contribution in [0.15, 0.2) is 41.3 Å². The number of hydrogen-bond acceptors (Lipinski definition) is 2. The first-order chi connectivity index (χ1) is 13.4. The van der Waals surface area contributed by atoms with Crippen molar-refractivity contribution in [2.45, 2.75) is 30.0 Å². The van der Waals surface area contributed by atoms with E-state index >= 15 is 0 Å². The predicted molar refractivity (Wildman–Crippen MR) is 86.9 cm³/mol. The summed E-state index contributed by atoms with van der Waals surface area (Å²) < 4.78 is 142. The van der Waals surface area contributed by atoms with Gasteiger partial charge in [0.05, 0.1) is 26.6 Å². The minimum absolute atomic E-state index is 0.0133. The van der Waals surface area contributed by atoms with Crippen molar-refractivity contribution < 1.29 is 47.9 Å². The Bertz CT molecular complexity index is 1010. The Hall–Kier alpha value is -1.99. The van der Waals surface area contributed by atoms with Gasteiger partial charge in [-0.15, -0.1) is 0 Å². The molecule has 0 aliphatic carbocycles. The average Bonchev–Trinajstić information content (AvgIpc) is 2.58. The molecule has 2 rings (SSSR count). The summed E-state index contributed by atoms with van der Waals surface area (Å²) in [6.07, 6.45) is -15.4. The van der Waals surface area contributed by atoms with Crippen LogP contribution >= 0.6 is 11.6 Å². The van der Waals surface area contributed by atoms with Crippen LogP contribution in [0.25, 0.3) is 0 Å². The van der Waals surface area contributed by atoms with Gasteiger partial charge in [0.25, 0.3) is 0 Å². The molecule has 0 unspecified atom stereocenters. The predicted octanol–water partition coefficient (Wildman–Crippen LogP) is 5.87. The van der Waals surface area contributed by atoms with E-state index in [-0.39, 0.29) is 23.8 Å². The molecule has 0 aromatic heterocycles. The molecule has 0 amide bonds. The van der Waals surface area contributed by atoms with Gasteiger partial charge in [-0.1, -0.05) is 17.7 Å². The number of sulfonamides is 1. The Labute approximate surface area is 168 Å². The molecule has 2 aromatic rings. The number of rotatable bonds is 4. The maximum absolute atomic E-state index is 12.9. The third-order valence-electron chi connectivity index (χ3n) is 3.67. The van der Waals surface area contributed by atoms with Gasteiger partial charge in [0, 0.05) is 6.54 Å². The van der Waals surface area contributed by atoms with E-state index in [1.54, 1.807) is 4.72 Å². The summed E-state index contributed by atoms with van der Waals surface area (Å²) >= 11 is 5.42. The van der Waals surface area contributed by atoms with Gasteiger partial charge in [-0.05, 0) is 35.9 Å². The zero-order valence-electron chi connectivity index (χ0n) is 14.2. The second-order valence-electron chi connectivity index (χ2n) is 5.88. The van der Waals surface area contributed by atoms with E-state index in [0.29, 0.717) is 6.07 Å². The molecule has 0 fully saturated rings. The van der Waals surface area contributed by atoms with Crippen LogP contribution in [-0.2, 0) is 35.1 Å². The van der Waals surface area contributed by atoms with Gasteiger partial charge in [-0.3, -0.25) is 0 Å². The molecule has 30 heavy (non-hydrogen) atoms. The zero-order chi connectivity index (χ0) is 23.1. The smallest absolute Gasteiger partial charge is 0.207 e. The van der Waals surface area contributed by atoms with E-state index in [2.05, 4.69) is 0 Å². The average molecular weight is 486 g/mol. The Kier molecular flexibility index (Phi) is 6.42. The second kappa shape index (κ2) is 7.93. The molecular weight excluding hydrogens is 477 g/mol. The molecule has 3 nitrogen and oxygen atoms in total. The monoisotopic (exact) mass is 485 g/mol. The lowest BCUT2D eigenvalue weighted by molar-refractivity contribution is -0.143. The van der Waals surface area contributed by atoms with Crippen molar-refractivity contribution in [2.75, 3.05) is 0 Å². The molecule has 2 aromatic carbocycles. The summed E-state index contributed by atoms with van der Waals surface area (Å²) in [5.74, 6) is 0. The molecule has 0 aliphatic rings. The molecule has 0 spiro atoms. The number of hydrogen-bond donors (Lipinski definition) is 1. The molecule has 166 valence electrons. The first-order valence-electron chi connectivity index (χ1n) is 7.56. The van der Waals surface area contributed by atoms with E-state index in [0.717, 1.165) is 12.1 Å². The fourth-order valence-electron chi connectivity index (χ4n) is 2.24. The van der Waals surface area contributed by atoms with Crippen LogP contribution in [0.5, 0.6) is 0 Å². The lowest BCUT2D eigenvalue weighted by atomic mass is 10.1. The quantitative estimate of drug-likeness (QED) is 0.550. The second-order valence-corrected chi connectivity index (χ2v) is 8.05. The van der Waals surface area contributed by atoms with Gasteiger partial charge in [0.2, 0.25) is 10.0 Å². The SMILES string of the molecule is O=S(=O)(NCc1ccc(Cl)c(C(F)(F)F)c1)c1cc(C(F)(F)F)cc(C(F)(F)F)c1. The minimum atomic E-state index is -5.27. The highest BCUT2D eigenvalue weighted by Crippen LogP contribution is 2.38. The standard InChI is InChI=1S/C16H9ClF9NO2S/c17-13-2-1-8(3-12(13)16(24,25)26)7-27-30(28,29)11-5-9(14(18,19)20)4-10(6-11)15(21,22)23/h1-6,27H,7H2. The van der Waals surface area contributed by atoms with Crippen LogP contribution in [0.1, 0.15) is 22.3 Å².